The summed E-state index contributed by atoms with van der Waals surface area (Å²) in [6.07, 6.45) is 4.66. The Hall–Kier alpha value is -1.86. The van der Waals surface area contributed by atoms with Crippen LogP contribution in [0.5, 0.6) is 0 Å². The molecule has 0 atom stereocenters. The Morgan fingerprint density at radius 1 is 1.37 bits per heavy atom. The molecule has 4 nitrogen and oxygen atoms in total. The quantitative estimate of drug-likeness (QED) is 0.844. The maximum Gasteiger partial charge on any atom is 0.234 e. The van der Waals surface area contributed by atoms with Gasteiger partial charge < -0.3 is 10.6 Å². The number of carbonyl (C=O) groups is 1. The Kier molecular flexibility index (Phi) is 4.93. The summed E-state index contributed by atoms with van der Waals surface area (Å²) in [6, 6.07) is 9.89. The molecule has 1 fully saturated rings. The van der Waals surface area contributed by atoms with E-state index < -0.39 is 0 Å². The molecular formula is C15H19N3O. The topological polar surface area (TPSA) is 64.9 Å². The highest BCUT2D eigenvalue weighted by atomic mass is 16.1. The summed E-state index contributed by atoms with van der Waals surface area (Å²) in [5.41, 5.74) is 1.67. The lowest BCUT2D eigenvalue weighted by Gasteiger charge is -2.12. The third-order valence-electron chi connectivity index (χ3n) is 3.39. The lowest BCUT2D eigenvalue weighted by Crippen LogP contribution is -2.38. The maximum absolute atomic E-state index is 11.7. The van der Waals surface area contributed by atoms with Crippen LogP contribution in [0.15, 0.2) is 24.3 Å². The molecule has 1 aromatic rings. The van der Waals surface area contributed by atoms with E-state index in [0.29, 0.717) is 24.7 Å². The summed E-state index contributed by atoms with van der Waals surface area (Å²) in [5.74, 6) is 0.0586. The summed E-state index contributed by atoms with van der Waals surface area (Å²) in [6.45, 7) is 0.931. The van der Waals surface area contributed by atoms with Crippen molar-refractivity contribution in [1.82, 2.24) is 10.6 Å². The highest BCUT2D eigenvalue weighted by molar-refractivity contribution is 5.78. The number of nitrogens with zero attached hydrogens (tertiary/aromatic N) is 1. The van der Waals surface area contributed by atoms with E-state index in [4.69, 9.17) is 5.26 Å². The number of amides is 1. The summed E-state index contributed by atoms with van der Waals surface area (Å²) in [5, 5.41) is 14.9. The minimum atomic E-state index is 0.0586. The van der Waals surface area contributed by atoms with Crippen LogP contribution >= 0.6 is 0 Å². The van der Waals surface area contributed by atoms with Crippen LogP contribution in [0.2, 0.25) is 0 Å². The smallest absolute Gasteiger partial charge is 0.234 e. The minimum Gasteiger partial charge on any atom is -0.352 e. The van der Waals surface area contributed by atoms with Crippen molar-refractivity contribution in [2.45, 2.75) is 38.3 Å². The second kappa shape index (κ2) is 6.91. The summed E-state index contributed by atoms with van der Waals surface area (Å²) in [4.78, 5) is 11.7. The van der Waals surface area contributed by atoms with E-state index in [1.165, 1.54) is 12.8 Å². The molecule has 2 N–H and O–H groups in total. The van der Waals surface area contributed by atoms with Crippen LogP contribution in [0.4, 0.5) is 0 Å². The minimum absolute atomic E-state index is 0.0586. The molecule has 1 aromatic carbocycles. The van der Waals surface area contributed by atoms with Gasteiger partial charge in [0.15, 0.2) is 0 Å². The third-order valence-corrected chi connectivity index (χ3v) is 3.39. The molecule has 0 aromatic heterocycles. The first-order chi connectivity index (χ1) is 9.28. The number of rotatable bonds is 5. The van der Waals surface area contributed by atoms with Crippen molar-refractivity contribution >= 4 is 5.91 Å². The molecule has 0 spiro atoms. The molecule has 19 heavy (non-hydrogen) atoms. The van der Waals surface area contributed by atoms with Gasteiger partial charge in [0.1, 0.15) is 0 Å². The standard InChI is InChI=1S/C15H19N3O/c16-9-12-4-3-5-13(8-12)10-17-11-15(19)18-14-6-1-2-7-14/h3-5,8,14,17H,1-2,6-7,10-11H2,(H,18,19). The summed E-state index contributed by atoms with van der Waals surface area (Å²) >= 11 is 0. The van der Waals surface area contributed by atoms with Crippen LogP contribution in [0, 0.1) is 11.3 Å². The average molecular weight is 257 g/mol. The SMILES string of the molecule is N#Cc1cccc(CNCC(=O)NC2CCCC2)c1. The first-order valence-electron chi connectivity index (χ1n) is 6.77. The van der Waals surface area contributed by atoms with E-state index in [1.54, 1.807) is 6.07 Å². The molecule has 2 rings (SSSR count). The van der Waals surface area contributed by atoms with E-state index in [-0.39, 0.29) is 5.91 Å². The van der Waals surface area contributed by atoms with Crippen molar-refractivity contribution in [3.8, 4) is 6.07 Å². The van der Waals surface area contributed by atoms with Crippen molar-refractivity contribution < 1.29 is 4.79 Å². The lowest BCUT2D eigenvalue weighted by atomic mass is 10.1. The Morgan fingerprint density at radius 3 is 2.89 bits per heavy atom. The first kappa shape index (κ1) is 13.6. The first-order valence-corrected chi connectivity index (χ1v) is 6.77. The van der Waals surface area contributed by atoms with Gasteiger partial charge in [-0.15, -0.1) is 0 Å². The monoisotopic (exact) mass is 257 g/mol. The van der Waals surface area contributed by atoms with Gasteiger partial charge in [-0.3, -0.25) is 4.79 Å². The van der Waals surface area contributed by atoms with Gasteiger partial charge in [0.25, 0.3) is 0 Å². The van der Waals surface area contributed by atoms with Gasteiger partial charge in [-0.2, -0.15) is 5.26 Å². The van der Waals surface area contributed by atoms with E-state index in [0.717, 1.165) is 18.4 Å². The number of nitrogens with one attached hydrogen (secondary N) is 2. The van der Waals surface area contributed by atoms with Crippen LogP contribution in [-0.2, 0) is 11.3 Å². The number of benzene rings is 1. The van der Waals surface area contributed by atoms with E-state index in [9.17, 15) is 4.79 Å². The highest BCUT2D eigenvalue weighted by Gasteiger charge is 2.16. The molecule has 100 valence electrons. The van der Waals surface area contributed by atoms with Gasteiger partial charge in [-0.1, -0.05) is 25.0 Å². The van der Waals surface area contributed by atoms with Crippen LogP contribution < -0.4 is 10.6 Å². The average Bonchev–Trinajstić information content (AvgIpc) is 2.92. The maximum atomic E-state index is 11.7. The predicted molar refractivity (Wildman–Crippen MR) is 73.3 cm³/mol. The van der Waals surface area contributed by atoms with Crippen molar-refractivity contribution in [2.24, 2.45) is 0 Å². The number of carbonyl (C=O) groups excluding carboxylic acids is 1. The van der Waals surface area contributed by atoms with Gasteiger partial charge in [0.2, 0.25) is 5.91 Å². The largest absolute Gasteiger partial charge is 0.352 e. The van der Waals surface area contributed by atoms with Crippen molar-refractivity contribution in [1.29, 1.82) is 5.26 Å². The van der Waals surface area contributed by atoms with Gasteiger partial charge in [0.05, 0.1) is 18.2 Å². The fraction of sp³-hybridized carbons (Fsp3) is 0.467. The number of hydrogen-bond acceptors (Lipinski definition) is 3. The van der Waals surface area contributed by atoms with Gasteiger partial charge in [-0.25, -0.2) is 0 Å². The second-order valence-electron chi connectivity index (χ2n) is 4.96. The molecule has 0 radical (unpaired) electrons. The molecule has 4 heteroatoms. The zero-order valence-electron chi connectivity index (χ0n) is 11.0. The van der Waals surface area contributed by atoms with Gasteiger partial charge >= 0.3 is 0 Å². The Balaban J connectivity index is 1.70. The van der Waals surface area contributed by atoms with E-state index in [1.807, 2.05) is 18.2 Å². The molecular weight excluding hydrogens is 238 g/mol. The molecule has 0 bridgehead atoms. The molecule has 0 heterocycles. The number of nitriles is 1. The summed E-state index contributed by atoms with van der Waals surface area (Å²) < 4.78 is 0. The third kappa shape index (κ3) is 4.38. The zero-order valence-corrected chi connectivity index (χ0v) is 11.0. The van der Waals surface area contributed by atoms with E-state index >= 15 is 0 Å². The zero-order chi connectivity index (χ0) is 13.5. The van der Waals surface area contributed by atoms with Gasteiger partial charge in [-0.05, 0) is 30.5 Å². The molecule has 0 unspecified atom stereocenters. The van der Waals surface area contributed by atoms with Crippen molar-refractivity contribution in [3.63, 3.8) is 0 Å². The Morgan fingerprint density at radius 2 is 2.16 bits per heavy atom. The summed E-state index contributed by atoms with van der Waals surface area (Å²) in [7, 11) is 0. The Labute approximate surface area is 113 Å². The molecule has 1 aliphatic carbocycles. The molecule has 1 saturated carbocycles. The normalized spacial score (nSPS) is 15.1. The highest BCUT2D eigenvalue weighted by Crippen LogP contribution is 2.17. The van der Waals surface area contributed by atoms with E-state index in [2.05, 4.69) is 16.7 Å². The Bertz CT molecular complexity index is 473. The molecule has 1 aliphatic rings. The fourth-order valence-corrected chi connectivity index (χ4v) is 2.42. The lowest BCUT2D eigenvalue weighted by molar-refractivity contribution is -0.120. The fourth-order valence-electron chi connectivity index (χ4n) is 2.42. The van der Waals surface area contributed by atoms with Crippen LogP contribution in [0.3, 0.4) is 0 Å². The van der Waals surface area contributed by atoms with Crippen molar-refractivity contribution in [2.75, 3.05) is 6.54 Å². The van der Waals surface area contributed by atoms with Crippen LogP contribution in [0.1, 0.15) is 36.8 Å². The molecule has 1 amide bonds. The van der Waals surface area contributed by atoms with Crippen LogP contribution in [-0.4, -0.2) is 18.5 Å². The second-order valence-corrected chi connectivity index (χ2v) is 4.96. The molecule has 0 aliphatic heterocycles. The van der Waals surface area contributed by atoms with Crippen molar-refractivity contribution in [3.05, 3.63) is 35.4 Å². The predicted octanol–water partition coefficient (Wildman–Crippen LogP) is 1.71. The van der Waals surface area contributed by atoms with Crippen LogP contribution in [0.25, 0.3) is 0 Å². The molecule has 0 saturated heterocycles. The number of hydrogen-bond donors (Lipinski definition) is 2. The van der Waals surface area contributed by atoms with Gasteiger partial charge in [0, 0.05) is 12.6 Å².